The lowest BCUT2D eigenvalue weighted by atomic mass is 10.3. The van der Waals surface area contributed by atoms with Crippen molar-refractivity contribution in [2.24, 2.45) is 0 Å². The minimum absolute atomic E-state index is 0.00810. The van der Waals surface area contributed by atoms with Gasteiger partial charge in [0, 0.05) is 20.6 Å². The summed E-state index contributed by atoms with van der Waals surface area (Å²) in [7, 11) is -0.999. The molecule has 0 aliphatic carbocycles. The van der Waals surface area contributed by atoms with Crippen LogP contribution in [0.4, 0.5) is 5.69 Å². The van der Waals surface area contributed by atoms with Crippen molar-refractivity contribution in [2.45, 2.75) is 4.90 Å². The largest absolute Gasteiger partial charge is 0.493 e. The first-order valence-electron chi connectivity index (χ1n) is 6.17. The van der Waals surface area contributed by atoms with Crippen LogP contribution < -0.4 is 14.2 Å². The smallest absolute Gasteiger partial charge is 0.263 e. The van der Waals surface area contributed by atoms with Crippen LogP contribution in [0.3, 0.4) is 0 Å². The van der Waals surface area contributed by atoms with E-state index in [1.165, 1.54) is 44.6 Å². The highest BCUT2D eigenvalue weighted by molar-refractivity contribution is 9.10. The quantitative estimate of drug-likeness (QED) is 0.739. The molecule has 0 atom stereocenters. The van der Waals surface area contributed by atoms with Crippen LogP contribution in [0.1, 0.15) is 0 Å². The number of hydrogen-bond donors (Lipinski definition) is 1. The number of sulfonamides is 1. The number of anilines is 1. The van der Waals surface area contributed by atoms with Gasteiger partial charge in [-0.15, -0.1) is 0 Å². The van der Waals surface area contributed by atoms with Crippen LogP contribution in [0.15, 0.2) is 39.7 Å². The molecule has 0 aromatic heterocycles. The Morgan fingerprint density at radius 1 is 0.957 bits per heavy atom. The Morgan fingerprint density at radius 3 is 2.00 bits per heavy atom. The first-order valence-corrected chi connectivity index (χ1v) is 9.20. The molecule has 2 aromatic rings. The van der Waals surface area contributed by atoms with Crippen LogP contribution in [0.25, 0.3) is 0 Å². The van der Waals surface area contributed by atoms with Gasteiger partial charge in [-0.25, -0.2) is 8.42 Å². The van der Waals surface area contributed by atoms with Crippen LogP contribution >= 0.6 is 39.1 Å². The van der Waals surface area contributed by atoms with E-state index < -0.39 is 10.0 Å². The lowest BCUT2D eigenvalue weighted by Crippen LogP contribution is -2.14. The highest BCUT2D eigenvalue weighted by atomic mass is 79.9. The fourth-order valence-electron chi connectivity index (χ4n) is 1.86. The van der Waals surface area contributed by atoms with Gasteiger partial charge in [0.1, 0.15) is 4.90 Å². The third-order valence-electron chi connectivity index (χ3n) is 2.84. The second-order valence-corrected chi connectivity index (χ2v) is 7.78. The molecule has 124 valence electrons. The number of halogens is 3. The summed E-state index contributed by atoms with van der Waals surface area (Å²) >= 11 is 15.0. The van der Waals surface area contributed by atoms with Gasteiger partial charge in [0.2, 0.25) is 0 Å². The molecule has 5 nitrogen and oxygen atoms in total. The van der Waals surface area contributed by atoms with E-state index in [-0.39, 0.29) is 10.6 Å². The van der Waals surface area contributed by atoms with Crippen LogP contribution in [0.2, 0.25) is 10.0 Å². The summed E-state index contributed by atoms with van der Waals surface area (Å²) in [6.07, 6.45) is 0. The topological polar surface area (TPSA) is 64.6 Å². The zero-order valence-electron chi connectivity index (χ0n) is 12.1. The molecule has 0 amide bonds. The van der Waals surface area contributed by atoms with Gasteiger partial charge in [0.05, 0.1) is 19.9 Å². The van der Waals surface area contributed by atoms with E-state index in [0.29, 0.717) is 26.0 Å². The molecular weight excluding hydrogens is 429 g/mol. The van der Waals surface area contributed by atoms with Crippen molar-refractivity contribution in [2.75, 3.05) is 18.9 Å². The van der Waals surface area contributed by atoms with Crippen LogP contribution in [-0.4, -0.2) is 22.6 Å². The van der Waals surface area contributed by atoms with E-state index in [4.69, 9.17) is 32.7 Å². The number of nitrogens with one attached hydrogen (secondary N) is 1. The van der Waals surface area contributed by atoms with Crippen molar-refractivity contribution >= 4 is 54.8 Å². The molecule has 1 N–H and O–H groups in total. The molecule has 0 radical (unpaired) electrons. The van der Waals surface area contributed by atoms with E-state index in [1.54, 1.807) is 0 Å². The summed E-state index contributed by atoms with van der Waals surface area (Å²) in [6.45, 7) is 0. The Morgan fingerprint density at radius 2 is 1.48 bits per heavy atom. The van der Waals surface area contributed by atoms with Crippen molar-refractivity contribution < 1.29 is 17.9 Å². The Hall–Kier alpha value is -1.15. The van der Waals surface area contributed by atoms with Gasteiger partial charge in [0.25, 0.3) is 10.0 Å². The van der Waals surface area contributed by atoms with Gasteiger partial charge in [-0.1, -0.05) is 23.2 Å². The lowest BCUT2D eigenvalue weighted by molar-refractivity contribution is 0.353. The molecule has 0 bridgehead atoms. The van der Waals surface area contributed by atoms with E-state index in [1.807, 2.05) is 0 Å². The predicted octanol–water partition coefficient (Wildman–Crippen LogP) is 4.57. The second kappa shape index (κ2) is 7.17. The molecule has 0 saturated carbocycles. The summed E-state index contributed by atoms with van der Waals surface area (Å²) in [4.78, 5) is -0.00810. The zero-order valence-corrected chi connectivity index (χ0v) is 16.0. The van der Waals surface area contributed by atoms with Gasteiger partial charge in [-0.3, -0.25) is 4.72 Å². The Bertz CT molecular complexity index is 823. The molecule has 0 aliphatic heterocycles. The maximum Gasteiger partial charge on any atom is 0.263 e. The summed E-state index contributed by atoms with van der Waals surface area (Å²) in [5, 5.41) is 0.642. The third-order valence-corrected chi connectivity index (χ3v) is 5.62. The second-order valence-electron chi connectivity index (χ2n) is 4.40. The molecule has 0 unspecified atom stereocenters. The van der Waals surface area contributed by atoms with Crippen LogP contribution in [0, 0.1) is 0 Å². The monoisotopic (exact) mass is 439 g/mol. The third kappa shape index (κ3) is 4.23. The van der Waals surface area contributed by atoms with Gasteiger partial charge in [-0.2, -0.15) is 0 Å². The standard InChI is InChI=1S/C14H12BrCl2NO4S/c1-21-12-6-11(15)14(7-13(12)22-2)23(19,20)18-10-4-8(16)3-9(17)5-10/h3-7,18H,1-2H3. The maximum absolute atomic E-state index is 12.6. The van der Waals surface area contributed by atoms with E-state index in [2.05, 4.69) is 20.7 Å². The van der Waals surface area contributed by atoms with Crippen molar-refractivity contribution in [3.63, 3.8) is 0 Å². The van der Waals surface area contributed by atoms with Gasteiger partial charge < -0.3 is 9.47 Å². The first-order chi connectivity index (χ1) is 10.8. The summed E-state index contributed by atoms with van der Waals surface area (Å²) in [6, 6.07) is 7.29. The Labute approximate surface area is 152 Å². The maximum atomic E-state index is 12.6. The van der Waals surface area contributed by atoms with Crippen molar-refractivity contribution in [1.29, 1.82) is 0 Å². The lowest BCUT2D eigenvalue weighted by Gasteiger charge is -2.14. The Kier molecular flexibility index (Phi) is 5.67. The average Bonchev–Trinajstić information content (AvgIpc) is 2.44. The SMILES string of the molecule is COc1cc(Br)c(S(=O)(=O)Nc2cc(Cl)cc(Cl)c2)cc1OC. The zero-order chi connectivity index (χ0) is 17.2. The van der Waals surface area contributed by atoms with E-state index in [0.717, 1.165) is 0 Å². The highest BCUT2D eigenvalue weighted by Gasteiger charge is 2.21. The average molecular weight is 441 g/mol. The number of hydrogen-bond acceptors (Lipinski definition) is 4. The molecule has 0 fully saturated rings. The summed E-state index contributed by atoms with van der Waals surface area (Å²) in [5.74, 6) is 0.698. The van der Waals surface area contributed by atoms with Crippen molar-refractivity contribution in [3.05, 3.63) is 44.8 Å². The van der Waals surface area contributed by atoms with Gasteiger partial charge in [-0.05, 0) is 40.2 Å². The molecule has 9 heteroatoms. The Balaban J connectivity index is 2.47. The van der Waals surface area contributed by atoms with Crippen LogP contribution in [0.5, 0.6) is 11.5 Å². The highest BCUT2D eigenvalue weighted by Crippen LogP contribution is 2.36. The first kappa shape index (κ1) is 18.2. The molecule has 2 aromatic carbocycles. The minimum atomic E-state index is -3.88. The van der Waals surface area contributed by atoms with E-state index in [9.17, 15) is 8.42 Å². The minimum Gasteiger partial charge on any atom is -0.493 e. The molecule has 0 saturated heterocycles. The fraction of sp³-hybridized carbons (Fsp3) is 0.143. The molecule has 0 aliphatic rings. The summed E-state index contributed by atoms with van der Waals surface area (Å²) in [5.41, 5.74) is 0.254. The van der Waals surface area contributed by atoms with E-state index >= 15 is 0 Å². The number of rotatable bonds is 5. The fourth-order valence-corrected chi connectivity index (χ4v) is 4.47. The van der Waals surface area contributed by atoms with Crippen LogP contribution in [-0.2, 0) is 10.0 Å². The molecule has 0 heterocycles. The molecule has 23 heavy (non-hydrogen) atoms. The normalized spacial score (nSPS) is 11.2. The molecule has 0 spiro atoms. The predicted molar refractivity (Wildman–Crippen MR) is 94.5 cm³/mol. The number of methoxy groups -OCH3 is 2. The molecule has 2 rings (SSSR count). The molecular formula is C14H12BrCl2NO4S. The number of benzene rings is 2. The van der Waals surface area contributed by atoms with Crippen molar-refractivity contribution in [1.82, 2.24) is 0 Å². The van der Waals surface area contributed by atoms with Gasteiger partial charge >= 0.3 is 0 Å². The van der Waals surface area contributed by atoms with Gasteiger partial charge in [0.15, 0.2) is 11.5 Å². The summed E-state index contributed by atoms with van der Waals surface area (Å²) < 4.78 is 38.2. The van der Waals surface area contributed by atoms with Crippen molar-refractivity contribution in [3.8, 4) is 11.5 Å². The number of ether oxygens (including phenoxy) is 2.